The topological polar surface area (TPSA) is 66.3 Å². The molecule has 86 valence electrons. The molecule has 1 aromatic rings. The van der Waals surface area contributed by atoms with Gasteiger partial charge in [0.1, 0.15) is 5.82 Å². The zero-order chi connectivity index (χ0) is 11.5. The predicted molar refractivity (Wildman–Crippen MR) is 63.1 cm³/mol. The van der Waals surface area contributed by atoms with Crippen LogP contribution in [-0.2, 0) is 0 Å². The SMILES string of the molecule is CC1CSCCN1c1cnc(C(=O)O)cn1. The van der Waals surface area contributed by atoms with Crippen LogP contribution in [0.1, 0.15) is 17.4 Å². The highest BCUT2D eigenvalue weighted by Crippen LogP contribution is 2.21. The highest BCUT2D eigenvalue weighted by atomic mass is 32.2. The molecule has 0 radical (unpaired) electrons. The summed E-state index contributed by atoms with van der Waals surface area (Å²) in [6.07, 6.45) is 2.85. The van der Waals surface area contributed by atoms with Crippen LogP contribution >= 0.6 is 11.8 Å². The van der Waals surface area contributed by atoms with E-state index in [1.54, 1.807) is 0 Å². The van der Waals surface area contributed by atoms with Gasteiger partial charge in [-0.25, -0.2) is 14.8 Å². The first kappa shape index (κ1) is 11.2. The molecule has 1 N–H and O–H groups in total. The molecule has 0 aliphatic carbocycles. The van der Waals surface area contributed by atoms with Crippen LogP contribution in [0.25, 0.3) is 0 Å². The Morgan fingerprint density at radius 2 is 2.38 bits per heavy atom. The highest BCUT2D eigenvalue weighted by molar-refractivity contribution is 7.99. The standard InChI is InChI=1S/C10H13N3O2S/c1-7-6-16-3-2-13(7)9-5-11-8(4-12-9)10(14)15/h4-5,7H,2-3,6H2,1H3,(H,14,15). The molecule has 16 heavy (non-hydrogen) atoms. The number of carboxylic acids is 1. The van der Waals surface area contributed by atoms with E-state index in [9.17, 15) is 4.79 Å². The first-order chi connectivity index (χ1) is 7.68. The van der Waals surface area contributed by atoms with E-state index in [2.05, 4.69) is 21.8 Å². The number of carbonyl (C=O) groups is 1. The first-order valence-corrected chi connectivity index (χ1v) is 6.23. The summed E-state index contributed by atoms with van der Waals surface area (Å²) in [7, 11) is 0. The molecule has 1 fully saturated rings. The van der Waals surface area contributed by atoms with Gasteiger partial charge in [0, 0.05) is 24.1 Å². The van der Waals surface area contributed by atoms with E-state index < -0.39 is 5.97 Å². The van der Waals surface area contributed by atoms with Gasteiger partial charge in [0.25, 0.3) is 0 Å². The summed E-state index contributed by atoms with van der Waals surface area (Å²) in [4.78, 5) is 20.8. The van der Waals surface area contributed by atoms with E-state index in [1.807, 2.05) is 11.8 Å². The Labute approximate surface area is 97.9 Å². The molecule has 0 bridgehead atoms. The van der Waals surface area contributed by atoms with Crippen molar-refractivity contribution >= 4 is 23.5 Å². The third-order valence-electron chi connectivity index (χ3n) is 2.52. The fourth-order valence-corrected chi connectivity index (χ4v) is 2.66. The van der Waals surface area contributed by atoms with Crippen molar-refractivity contribution in [1.29, 1.82) is 0 Å². The summed E-state index contributed by atoms with van der Waals surface area (Å²) >= 11 is 1.93. The van der Waals surface area contributed by atoms with Crippen LogP contribution < -0.4 is 4.90 Å². The second-order valence-electron chi connectivity index (χ2n) is 3.68. The molecule has 0 amide bonds. The number of rotatable bonds is 2. The highest BCUT2D eigenvalue weighted by Gasteiger charge is 2.20. The zero-order valence-electron chi connectivity index (χ0n) is 8.96. The molecule has 1 saturated heterocycles. The van der Waals surface area contributed by atoms with Crippen LogP contribution in [-0.4, -0.2) is 45.1 Å². The monoisotopic (exact) mass is 239 g/mol. The van der Waals surface area contributed by atoms with Crippen LogP contribution in [0.3, 0.4) is 0 Å². The van der Waals surface area contributed by atoms with Gasteiger partial charge in [-0.1, -0.05) is 0 Å². The molecule has 1 aromatic heterocycles. The number of anilines is 1. The van der Waals surface area contributed by atoms with Crippen LogP contribution in [0.4, 0.5) is 5.82 Å². The van der Waals surface area contributed by atoms with E-state index in [4.69, 9.17) is 5.11 Å². The van der Waals surface area contributed by atoms with Crippen LogP contribution in [0, 0.1) is 0 Å². The van der Waals surface area contributed by atoms with Crippen LogP contribution in [0.5, 0.6) is 0 Å². The Morgan fingerprint density at radius 1 is 1.56 bits per heavy atom. The molecule has 0 saturated carbocycles. The van der Waals surface area contributed by atoms with Crippen molar-refractivity contribution in [3.63, 3.8) is 0 Å². The lowest BCUT2D eigenvalue weighted by Gasteiger charge is -2.33. The normalized spacial score (nSPS) is 20.8. The smallest absolute Gasteiger partial charge is 0.356 e. The van der Waals surface area contributed by atoms with Crippen LogP contribution in [0.2, 0.25) is 0 Å². The maximum atomic E-state index is 10.6. The fraction of sp³-hybridized carbons (Fsp3) is 0.500. The largest absolute Gasteiger partial charge is 0.476 e. The third-order valence-corrected chi connectivity index (χ3v) is 3.71. The van der Waals surface area contributed by atoms with Gasteiger partial charge in [0.2, 0.25) is 0 Å². The molecule has 0 aromatic carbocycles. The van der Waals surface area contributed by atoms with Gasteiger partial charge in [0.05, 0.1) is 12.4 Å². The predicted octanol–water partition coefficient (Wildman–Crippen LogP) is 1.12. The van der Waals surface area contributed by atoms with Gasteiger partial charge in [-0.05, 0) is 6.92 Å². The number of thioether (sulfide) groups is 1. The minimum atomic E-state index is -1.04. The summed E-state index contributed by atoms with van der Waals surface area (Å²) in [6.45, 7) is 3.08. The number of carboxylic acid groups (broad SMARTS) is 1. The molecule has 2 heterocycles. The second-order valence-corrected chi connectivity index (χ2v) is 4.83. The van der Waals surface area contributed by atoms with Crippen LogP contribution in [0.15, 0.2) is 12.4 Å². The van der Waals surface area contributed by atoms with E-state index in [0.29, 0.717) is 6.04 Å². The molecular weight excluding hydrogens is 226 g/mol. The van der Waals surface area contributed by atoms with Crippen molar-refractivity contribution in [2.24, 2.45) is 0 Å². The Kier molecular flexibility index (Phi) is 3.28. The summed E-state index contributed by atoms with van der Waals surface area (Å²) in [5.41, 5.74) is -0.0113. The lowest BCUT2D eigenvalue weighted by atomic mass is 10.3. The molecule has 6 heteroatoms. The first-order valence-electron chi connectivity index (χ1n) is 5.08. The van der Waals surface area contributed by atoms with E-state index >= 15 is 0 Å². The molecule has 0 spiro atoms. The maximum Gasteiger partial charge on any atom is 0.356 e. The Balaban J connectivity index is 2.17. The number of hydrogen-bond acceptors (Lipinski definition) is 5. The average molecular weight is 239 g/mol. The Morgan fingerprint density at radius 3 is 2.94 bits per heavy atom. The molecular formula is C10H13N3O2S. The quantitative estimate of drug-likeness (QED) is 0.834. The lowest BCUT2D eigenvalue weighted by Crippen LogP contribution is -2.41. The van der Waals surface area contributed by atoms with Gasteiger partial charge in [0.15, 0.2) is 5.69 Å². The second kappa shape index (κ2) is 4.69. The molecule has 1 aliphatic heterocycles. The molecule has 2 rings (SSSR count). The van der Waals surface area contributed by atoms with Gasteiger partial charge in [-0.15, -0.1) is 0 Å². The summed E-state index contributed by atoms with van der Waals surface area (Å²) in [5.74, 6) is 1.87. The summed E-state index contributed by atoms with van der Waals surface area (Å²) < 4.78 is 0. The lowest BCUT2D eigenvalue weighted by molar-refractivity contribution is 0.0690. The Hall–Kier alpha value is -1.30. The minimum absolute atomic E-state index is 0.0113. The third kappa shape index (κ3) is 2.27. The van der Waals surface area contributed by atoms with Crippen molar-refractivity contribution in [3.8, 4) is 0 Å². The average Bonchev–Trinajstić information content (AvgIpc) is 2.30. The molecule has 1 aliphatic rings. The summed E-state index contributed by atoms with van der Waals surface area (Å²) in [5, 5.41) is 8.72. The molecule has 5 nitrogen and oxygen atoms in total. The fourth-order valence-electron chi connectivity index (χ4n) is 1.65. The maximum absolute atomic E-state index is 10.6. The van der Waals surface area contributed by atoms with Gasteiger partial charge < -0.3 is 10.0 Å². The number of nitrogens with zero attached hydrogens (tertiary/aromatic N) is 3. The van der Waals surface area contributed by atoms with Crippen molar-refractivity contribution in [2.45, 2.75) is 13.0 Å². The van der Waals surface area contributed by atoms with E-state index in [-0.39, 0.29) is 5.69 Å². The number of aromatic nitrogens is 2. The summed E-state index contributed by atoms with van der Waals surface area (Å²) in [6, 6.07) is 0.420. The number of aromatic carboxylic acids is 1. The van der Waals surface area contributed by atoms with E-state index in [1.165, 1.54) is 12.4 Å². The zero-order valence-corrected chi connectivity index (χ0v) is 9.78. The van der Waals surface area contributed by atoms with Crippen molar-refractivity contribution in [2.75, 3.05) is 23.0 Å². The van der Waals surface area contributed by atoms with Gasteiger partial charge in [-0.3, -0.25) is 0 Å². The van der Waals surface area contributed by atoms with Gasteiger partial charge >= 0.3 is 5.97 Å². The van der Waals surface area contributed by atoms with Crippen molar-refractivity contribution in [1.82, 2.24) is 9.97 Å². The van der Waals surface area contributed by atoms with Gasteiger partial charge in [-0.2, -0.15) is 11.8 Å². The van der Waals surface area contributed by atoms with Crippen molar-refractivity contribution < 1.29 is 9.90 Å². The molecule has 1 atom stereocenters. The minimum Gasteiger partial charge on any atom is -0.476 e. The number of hydrogen-bond donors (Lipinski definition) is 1. The van der Waals surface area contributed by atoms with Crippen molar-refractivity contribution in [3.05, 3.63) is 18.1 Å². The molecule has 1 unspecified atom stereocenters. The Bertz CT molecular complexity index is 382. The van der Waals surface area contributed by atoms with E-state index in [0.717, 1.165) is 23.9 Å².